The van der Waals surface area contributed by atoms with Crippen LogP contribution in [0.25, 0.3) is 0 Å². The van der Waals surface area contributed by atoms with E-state index < -0.39 is 6.10 Å². The molecule has 0 spiro atoms. The van der Waals surface area contributed by atoms with Crippen LogP contribution in [0.4, 0.5) is 0 Å². The molecule has 0 aromatic heterocycles. The fourth-order valence-electron chi connectivity index (χ4n) is 9.05. The van der Waals surface area contributed by atoms with Crippen LogP contribution in [0.5, 0.6) is 0 Å². The quantitative estimate of drug-likeness (QED) is 0.0261. The highest BCUT2D eigenvalue weighted by atomic mass is 16.6. The van der Waals surface area contributed by atoms with Gasteiger partial charge in [-0.3, -0.25) is 14.4 Å². The van der Waals surface area contributed by atoms with Crippen molar-refractivity contribution in [1.82, 2.24) is 0 Å². The third-order valence-electron chi connectivity index (χ3n) is 13.9. The van der Waals surface area contributed by atoms with Crippen molar-refractivity contribution >= 4 is 17.9 Å². The van der Waals surface area contributed by atoms with Gasteiger partial charge in [-0.15, -0.1) is 0 Å². The van der Waals surface area contributed by atoms with Crippen LogP contribution in [0.1, 0.15) is 316 Å². The molecule has 0 saturated carbocycles. The Morgan fingerprint density at radius 1 is 0.280 bits per heavy atom. The van der Waals surface area contributed by atoms with Gasteiger partial charge in [0.15, 0.2) is 6.10 Å². The van der Waals surface area contributed by atoms with E-state index in [1.165, 1.54) is 173 Å². The Balaban J connectivity index is 4.40. The van der Waals surface area contributed by atoms with Gasteiger partial charge in [-0.2, -0.15) is 0 Å². The van der Waals surface area contributed by atoms with E-state index in [0.29, 0.717) is 19.3 Å². The molecule has 0 aromatic carbocycles. The highest BCUT2D eigenvalue weighted by Gasteiger charge is 2.19. The molecule has 6 heteroatoms. The Labute approximate surface area is 465 Å². The lowest BCUT2D eigenvalue weighted by atomic mass is 10.0. The third kappa shape index (κ3) is 61.3. The lowest BCUT2D eigenvalue weighted by Crippen LogP contribution is -2.30. The zero-order chi connectivity index (χ0) is 54.3. The molecule has 432 valence electrons. The number of hydrogen-bond acceptors (Lipinski definition) is 6. The second-order valence-electron chi connectivity index (χ2n) is 21.3. The fourth-order valence-corrected chi connectivity index (χ4v) is 9.05. The summed E-state index contributed by atoms with van der Waals surface area (Å²) in [6.45, 7) is 6.51. The topological polar surface area (TPSA) is 78.9 Å². The number of unbranched alkanes of at least 4 members (excludes halogenated alkanes) is 33. The maximum Gasteiger partial charge on any atom is 0.306 e. The van der Waals surface area contributed by atoms with Crippen molar-refractivity contribution in [2.75, 3.05) is 13.2 Å². The molecular formula is C69H120O6. The SMILES string of the molecule is CC/C=C\C/C=C\C/C=C\C/C=C\CCCCCCC(=O)OC[C@H](COC(=O)CCCCCCCCCCC/C=C\C/C=C\CCCCC)OC(=O)CCCCCCCCCCCCC/C=C\CCCCCCCC. The zero-order valence-corrected chi connectivity index (χ0v) is 49.6. The molecule has 0 aliphatic heterocycles. The minimum atomic E-state index is -0.791. The molecule has 0 N–H and O–H groups in total. The number of hydrogen-bond donors (Lipinski definition) is 0. The first-order chi connectivity index (χ1) is 37.0. The highest BCUT2D eigenvalue weighted by molar-refractivity contribution is 5.71. The van der Waals surface area contributed by atoms with Crippen LogP contribution in [0, 0.1) is 0 Å². The molecule has 0 amide bonds. The molecule has 6 nitrogen and oxygen atoms in total. The molecular weight excluding hydrogens is 925 g/mol. The normalized spacial score (nSPS) is 12.6. The number of carbonyl (C=O) groups excluding carboxylic acids is 3. The zero-order valence-electron chi connectivity index (χ0n) is 49.6. The molecule has 1 atom stereocenters. The van der Waals surface area contributed by atoms with E-state index in [2.05, 4.69) is 106 Å². The highest BCUT2D eigenvalue weighted by Crippen LogP contribution is 2.16. The Morgan fingerprint density at radius 3 is 0.853 bits per heavy atom. The van der Waals surface area contributed by atoms with Crippen LogP contribution in [-0.2, 0) is 28.6 Å². The van der Waals surface area contributed by atoms with Crippen molar-refractivity contribution in [3.05, 3.63) is 85.1 Å². The lowest BCUT2D eigenvalue weighted by Gasteiger charge is -2.18. The van der Waals surface area contributed by atoms with Crippen molar-refractivity contribution in [1.29, 1.82) is 0 Å². The molecule has 0 aliphatic carbocycles. The smallest absolute Gasteiger partial charge is 0.306 e. The van der Waals surface area contributed by atoms with Gasteiger partial charge in [0, 0.05) is 19.3 Å². The van der Waals surface area contributed by atoms with Crippen LogP contribution in [0.15, 0.2) is 85.1 Å². The van der Waals surface area contributed by atoms with Gasteiger partial charge < -0.3 is 14.2 Å². The second kappa shape index (κ2) is 63.1. The average molecular weight is 1050 g/mol. The van der Waals surface area contributed by atoms with Gasteiger partial charge in [-0.1, -0.05) is 266 Å². The summed E-state index contributed by atoms with van der Waals surface area (Å²) in [7, 11) is 0. The Morgan fingerprint density at radius 2 is 0.520 bits per heavy atom. The van der Waals surface area contributed by atoms with Gasteiger partial charge >= 0.3 is 17.9 Å². The summed E-state index contributed by atoms with van der Waals surface area (Å²) < 4.78 is 16.9. The summed E-state index contributed by atoms with van der Waals surface area (Å²) in [5.74, 6) is -0.902. The van der Waals surface area contributed by atoms with Crippen molar-refractivity contribution in [2.24, 2.45) is 0 Å². The molecule has 75 heavy (non-hydrogen) atoms. The summed E-state index contributed by atoms with van der Waals surface area (Å²) in [4.78, 5) is 38.3. The van der Waals surface area contributed by atoms with Crippen molar-refractivity contribution in [2.45, 2.75) is 322 Å². The first-order valence-electron chi connectivity index (χ1n) is 32.1. The average Bonchev–Trinajstić information content (AvgIpc) is 3.41. The van der Waals surface area contributed by atoms with E-state index in [1.54, 1.807) is 0 Å². The molecule has 0 saturated heterocycles. The Kier molecular flexibility index (Phi) is 60.3. The molecule has 0 unspecified atom stereocenters. The summed E-state index contributed by atoms with van der Waals surface area (Å²) in [5.41, 5.74) is 0. The number of allylic oxidation sites excluding steroid dienone is 14. The van der Waals surface area contributed by atoms with E-state index in [9.17, 15) is 14.4 Å². The molecule has 0 heterocycles. The van der Waals surface area contributed by atoms with Gasteiger partial charge in [0.25, 0.3) is 0 Å². The van der Waals surface area contributed by atoms with Crippen molar-refractivity contribution < 1.29 is 28.6 Å². The van der Waals surface area contributed by atoms with Gasteiger partial charge in [-0.05, 0) is 116 Å². The molecule has 0 bridgehead atoms. The van der Waals surface area contributed by atoms with Crippen LogP contribution >= 0.6 is 0 Å². The summed E-state index contributed by atoms with van der Waals surface area (Å²) >= 11 is 0. The van der Waals surface area contributed by atoms with Crippen LogP contribution in [0.3, 0.4) is 0 Å². The monoisotopic (exact) mass is 1040 g/mol. The van der Waals surface area contributed by atoms with E-state index in [1.807, 2.05) is 0 Å². The largest absolute Gasteiger partial charge is 0.462 e. The van der Waals surface area contributed by atoms with Crippen LogP contribution in [-0.4, -0.2) is 37.2 Å². The van der Waals surface area contributed by atoms with Crippen LogP contribution < -0.4 is 0 Å². The number of ether oxygens (including phenoxy) is 3. The molecule has 0 rings (SSSR count). The Bertz CT molecular complexity index is 1430. The first kappa shape index (κ1) is 71.6. The summed E-state index contributed by atoms with van der Waals surface area (Å²) in [6, 6.07) is 0. The van der Waals surface area contributed by atoms with Gasteiger partial charge in [0.05, 0.1) is 0 Å². The molecule has 0 aromatic rings. The minimum absolute atomic E-state index is 0.0858. The predicted octanol–water partition coefficient (Wildman–Crippen LogP) is 21.9. The van der Waals surface area contributed by atoms with Gasteiger partial charge in [0.2, 0.25) is 0 Å². The van der Waals surface area contributed by atoms with E-state index in [-0.39, 0.29) is 31.1 Å². The Hall–Kier alpha value is -3.41. The van der Waals surface area contributed by atoms with Gasteiger partial charge in [0.1, 0.15) is 13.2 Å². The molecule has 0 fully saturated rings. The third-order valence-corrected chi connectivity index (χ3v) is 13.9. The van der Waals surface area contributed by atoms with Crippen molar-refractivity contribution in [3.63, 3.8) is 0 Å². The number of carbonyl (C=O) groups is 3. The number of esters is 3. The minimum Gasteiger partial charge on any atom is -0.462 e. The summed E-state index contributed by atoms with van der Waals surface area (Å²) in [6.07, 6.45) is 83.0. The lowest BCUT2D eigenvalue weighted by molar-refractivity contribution is -0.167. The number of rotatable bonds is 58. The van der Waals surface area contributed by atoms with Crippen molar-refractivity contribution in [3.8, 4) is 0 Å². The standard InChI is InChI=1S/C69H120O6/c1-4-7-10-13-16-19-22-25-28-31-33-34-36-39-42-45-48-51-54-57-60-63-69(72)75-66(64-73-67(70)61-58-55-52-49-46-43-40-37-30-27-24-21-18-15-12-9-6-3)65-74-68(71)62-59-56-53-50-47-44-41-38-35-32-29-26-23-20-17-14-11-8-5-2/h9,12,17-18,20-21,25-30,40,43,66H,4-8,10-11,13-16,19,22-24,31-39,41-42,44-65H2,1-3H3/b12-9-,20-17-,21-18-,28-25-,29-26-,30-27-,43-40-/t66-/m1/s1. The summed E-state index contributed by atoms with van der Waals surface area (Å²) in [5, 5.41) is 0. The first-order valence-corrected chi connectivity index (χ1v) is 32.1. The molecule has 0 aliphatic rings. The van der Waals surface area contributed by atoms with E-state index in [4.69, 9.17) is 14.2 Å². The van der Waals surface area contributed by atoms with Crippen LogP contribution in [0.2, 0.25) is 0 Å². The maximum atomic E-state index is 12.9. The molecule has 0 radical (unpaired) electrons. The van der Waals surface area contributed by atoms with E-state index >= 15 is 0 Å². The fraction of sp³-hybridized carbons (Fsp3) is 0.754. The maximum absolute atomic E-state index is 12.9. The second-order valence-corrected chi connectivity index (χ2v) is 21.3. The predicted molar refractivity (Wildman–Crippen MR) is 325 cm³/mol. The van der Waals surface area contributed by atoms with E-state index in [0.717, 1.165) is 103 Å². The van der Waals surface area contributed by atoms with Gasteiger partial charge in [-0.25, -0.2) is 0 Å².